The summed E-state index contributed by atoms with van der Waals surface area (Å²) in [5.41, 5.74) is 0.201. The van der Waals surface area contributed by atoms with Gasteiger partial charge in [0.25, 0.3) is 0 Å². The number of nitrogens with one attached hydrogen (secondary N) is 1. The van der Waals surface area contributed by atoms with Crippen molar-refractivity contribution >= 4 is 5.97 Å². The van der Waals surface area contributed by atoms with Gasteiger partial charge in [-0.3, -0.25) is 5.32 Å². The number of carbonyl (C=O) groups is 1. The minimum atomic E-state index is -0.757. The summed E-state index contributed by atoms with van der Waals surface area (Å²) in [7, 11) is 4.03. The lowest BCUT2D eigenvalue weighted by atomic mass is 9.87. The maximum atomic E-state index is 12.5. The number of hydrogen-bond acceptors (Lipinski definition) is 4. The Hall–Kier alpha value is -1.39. The fourth-order valence-corrected chi connectivity index (χ4v) is 2.24. The van der Waals surface area contributed by atoms with Gasteiger partial charge in [0.2, 0.25) is 0 Å². The molecule has 0 aromatic heterocycles. The maximum absolute atomic E-state index is 12.5. The van der Waals surface area contributed by atoms with Gasteiger partial charge in [-0.15, -0.1) is 0 Å². The number of esters is 1. The molecule has 1 aromatic rings. The zero-order valence-electron chi connectivity index (χ0n) is 13.0. The minimum Gasteiger partial charge on any atom is -0.464 e. The molecular formula is C16H26N2O2. The van der Waals surface area contributed by atoms with Gasteiger partial charge in [-0.25, -0.2) is 4.79 Å². The first-order chi connectivity index (χ1) is 9.56. The average Bonchev–Trinajstić information content (AvgIpc) is 2.44. The summed E-state index contributed by atoms with van der Waals surface area (Å²) in [4.78, 5) is 14.6. The molecule has 0 radical (unpaired) electrons. The molecule has 0 spiro atoms. The molecular weight excluding hydrogens is 252 g/mol. The SMILES string of the molecule is CCOC(=O)C(CC)(NCCN(C)C)c1ccccc1. The van der Waals surface area contributed by atoms with Gasteiger partial charge in [0.15, 0.2) is 0 Å². The van der Waals surface area contributed by atoms with Gasteiger partial charge in [-0.05, 0) is 33.0 Å². The third-order valence-electron chi connectivity index (χ3n) is 3.41. The van der Waals surface area contributed by atoms with Crippen molar-refractivity contribution in [3.8, 4) is 0 Å². The van der Waals surface area contributed by atoms with Crippen LogP contribution in [0.4, 0.5) is 0 Å². The number of nitrogens with zero attached hydrogens (tertiary/aromatic N) is 1. The number of rotatable bonds is 8. The Kier molecular flexibility index (Phi) is 6.68. The van der Waals surface area contributed by atoms with Crippen LogP contribution in [0.1, 0.15) is 25.8 Å². The van der Waals surface area contributed by atoms with Crippen molar-refractivity contribution in [2.45, 2.75) is 25.8 Å². The molecule has 112 valence electrons. The van der Waals surface area contributed by atoms with E-state index in [1.165, 1.54) is 0 Å². The Morgan fingerprint density at radius 2 is 1.90 bits per heavy atom. The van der Waals surface area contributed by atoms with E-state index in [0.29, 0.717) is 13.0 Å². The van der Waals surface area contributed by atoms with Crippen molar-refractivity contribution in [1.29, 1.82) is 0 Å². The lowest BCUT2D eigenvalue weighted by molar-refractivity contribution is -0.152. The van der Waals surface area contributed by atoms with Crippen LogP contribution in [-0.2, 0) is 15.1 Å². The molecule has 20 heavy (non-hydrogen) atoms. The summed E-state index contributed by atoms with van der Waals surface area (Å²) in [5, 5.41) is 3.40. The molecule has 4 nitrogen and oxygen atoms in total. The van der Waals surface area contributed by atoms with Crippen molar-refractivity contribution in [2.75, 3.05) is 33.8 Å². The molecule has 0 aliphatic carbocycles. The number of carbonyl (C=O) groups excluding carboxylic acids is 1. The van der Waals surface area contributed by atoms with E-state index in [2.05, 4.69) is 10.2 Å². The van der Waals surface area contributed by atoms with Gasteiger partial charge in [0, 0.05) is 13.1 Å². The van der Waals surface area contributed by atoms with Crippen molar-refractivity contribution in [3.63, 3.8) is 0 Å². The van der Waals surface area contributed by atoms with Crippen LogP contribution in [0.2, 0.25) is 0 Å². The van der Waals surface area contributed by atoms with Crippen LogP contribution in [0, 0.1) is 0 Å². The Morgan fingerprint density at radius 3 is 2.40 bits per heavy atom. The highest BCUT2D eigenvalue weighted by Gasteiger charge is 2.39. The highest BCUT2D eigenvalue weighted by Crippen LogP contribution is 2.26. The first-order valence-electron chi connectivity index (χ1n) is 7.19. The van der Waals surface area contributed by atoms with Crippen LogP contribution >= 0.6 is 0 Å². The third-order valence-corrected chi connectivity index (χ3v) is 3.41. The van der Waals surface area contributed by atoms with E-state index >= 15 is 0 Å². The average molecular weight is 278 g/mol. The van der Waals surface area contributed by atoms with Crippen LogP contribution < -0.4 is 5.32 Å². The van der Waals surface area contributed by atoms with Crippen LogP contribution in [0.5, 0.6) is 0 Å². The molecule has 1 aromatic carbocycles. The van der Waals surface area contributed by atoms with E-state index in [9.17, 15) is 4.79 Å². The summed E-state index contributed by atoms with van der Waals surface area (Å²) in [5.74, 6) is -0.201. The first-order valence-corrected chi connectivity index (χ1v) is 7.19. The summed E-state index contributed by atoms with van der Waals surface area (Å²) in [6.45, 7) is 5.83. The molecule has 1 atom stereocenters. The largest absolute Gasteiger partial charge is 0.464 e. The molecule has 0 aliphatic heterocycles. The van der Waals surface area contributed by atoms with Crippen molar-refractivity contribution in [2.24, 2.45) is 0 Å². The molecule has 1 rings (SSSR count). The maximum Gasteiger partial charge on any atom is 0.330 e. The van der Waals surface area contributed by atoms with Gasteiger partial charge in [0.1, 0.15) is 5.54 Å². The molecule has 0 fully saturated rings. The van der Waals surface area contributed by atoms with Gasteiger partial charge >= 0.3 is 5.97 Å². The second-order valence-electron chi connectivity index (χ2n) is 5.08. The van der Waals surface area contributed by atoms with E-state index < -0.39 is 5.54 Å². The smallest absolute Gasteiger partial charge is 0.330 e. The van der Waals surface area contributed by atoms with Gasteiger partial charge in [-0.2, -0.15) is 0 Å². The summed E-state index contributed by atoms with van der Waals surface area (Å²) >= 11 is 0. The van der Waals surface area contributed by atoms with Crippen LogP contribution in [-0.4, -0.2) is 44.7 Å². The van der Waals surface area contributed by atoms with E-state index in [1.807, 2.05) is 58.3 Å². The second-order valence-corrected chi connectivity index (χ2v) is 5.08. The quantitative estimate of drug-likeness (QED) is 0.739. The molecule has 1 N–H and O–H groups in total. The van der Waals surface area contributed by atoms with E-state index in [-0.39, 0.29) is 5.97 Å². The van der Waals surface area contributed by atoms with Crippen LogP contribution in [0.15, 0.2) is 30.3 Å². The lowest BCUT2D eigenvalue weighted by Crippen LogP contribution is -2.51. The van der Waals surface area contributed by atoms with Gasteiger partial charge in [-0.1, -0.05) is 37.3 Å². The molecule has 0 aliphatic rings. The normalized spacial score (nSPS) is 14.1. The third kappa shape index (κ3) is 4.05. The van der Waals surface area contributed by atoms with E-state index in [1.54, 1.807) is 0 Å². The topological polar surface area (TPSA) is 41.6 Å². The van der Waals surface area contributed by atoms with Gasteiger partial charge in [0.05, 0.1) is 6.61 Å². The second kappa shape index (κ2) is 8.02. The summed E-state index contributed by atoms with van der Waals surface area (Å²) in [6, 6.07) is 9.81. The Morgan fingerprint density at radius 1 is 1.25 bits per heavy atom. The summed E-state index contributed by atoms with van der Waals surface area (Å²) in [6.07, 6.45) is 0.656. The highest BCUT2D eigenvalue weighted by atomic mass is 16.5. The Labute approximate surface area is 122 Å². The number of benzene rings is 1. The van der Waals surface area contributed by atoms with Crippen molar-refractivity contribution < 1.29 is 9.53 Å². The molecule has 0 saturated carbocycles. The van der Waals surface area contributed by atoms with E-state index in [4.69, 9.17) is 4.74 Å². The van der Waals surface area contributed by atoms with Crippen LogP contribution in [0.3, 0.4) is 0 Å². The Bertz CT molecular complexity index is 406. The molecule has 0 bridgehead atoms. The summed E-state index contributed by atoms with van der Waals surface area (Å²) < 4.78 is 5.30. The molecule has 0 saturated heterocycles. The van der Waals surface area contributed by atoms with Crippen LogP contribution in [0.25, 0.3) is 0 Å². The molecule has 0 amide bonds. The van der Waals surface area contributed by atoms with Crippen molar-refractivity contribution in [1.82, 2.24) is 10.2 Å². The standard InChI is InChI=1S/C16H26N2O2/c1-5-16(15(19)20-6-2,17-12-13-18(3)4)14-10-8-7-9-11-14/h7-11,17H,5-6,12-13H2,1-4H3. The number of ether oxygens (including phenoxy) is 1. The van der Waals surface area contributed by atoms with Crippen molar-refractivity contribution in [3.05, 3.63) is 35.9 Å². The Balaban J connectivity index is 3.00. The first kappa shape index (κ1) is 16.7. The molecule has 0 heterocycles. The number of hydrogen-bond donors (Lipinski definition) is 1. The van der Waals surface area contributed by atoms with Gasteiger partial charge < -0.3 is 9.64 Å². The molecule has 1 unspecified atom stereocenters. The lowest BCUT2D eigenvalue weighted by Gasteiger charge is -2.32. The zero-order chi connectivity index (χ0) is 15.0. The number of likely N-dealkylation sites (N-methyl/N-ethyl adjacent to an activating group) is 1. The predicted octanol–water partition coefficient (Wildman–Crippen LogP) is 2.01. The highest BCUT2D eigenvalue weighted by molar-refractivity contribution is 5.82. The molecule has 4 heteroatoms. The monoisotopic (exact) mass is 278 g/mol. The van der Waals surface area contributed by atoms with E-state index in [0.717, 1.165) is 18.7 Å². The zero-order valence-corrected chi connectivity index (χ0v) is 13.0. The fraction of sp³-hybridized carbons (Fsp3) is 0.562. The predicted molar refractivity (Wildman–Crippen MR) is 81.6 cm³/mol. The fourth-order valence-electron chi connectivity index (χ4n) is 2.24. The minimum absolute atomic E-state index is 0.201.